The van der Waals surface area contributed by atoms with Crippen LogP contribution in [0.2, 0.25) is 0 Å². The second-order valence-electron chi connectivity index (χ2n) is 6.75. The number of carbonyl (C=O) groups is 2. The van der Waals surface area contributed by atoms with Crippen LogP contribution in [-0.2, 0) is 4.79 Å². The number of fused-ring (bicyclic) bond motifs is 1. The van der Waals surface area contributed by atoms with Gasteiger partial charge in [-0.3, -0.25) is 9.78 Å². The summed E-state index contributed by atoms with van der Waals surface area (Å²) in [4.78, 5) is 33.0. The second-order valence-corrected chi connectivity index (χ2v) is 6.75. The lowest BCUT2D eigenvalue weighted by molar-refractivity contribution is -0.132. The number of benzene rings is 1. The number of carbonyl (C=O) groups excluding carboxylic acids is 2. The van der Waals surface area contributed by atoms with Crippen molar-refractivity contribution in [2.75, 3.05) is 31.5 Å². The van der Waals surface area contributed by atoms with Crippen LogP contribution in [0.5, 0.6) is 0 Å². The Labute approximate surface area is 146 Å². The van der Waals surface area contributed by atoms with Gasteiger partial charge in [-0.05, 0) is 31.4 Å². The number of nitrogens with one attached hydrogen (secondary N) is 1. The van der Waals surface area contributed by atoms with E-state index in [0.717, 1.165) is 42.4 Å². The van der Waals surface area contributed by atoms with E-state index in [1.807, 2.05) is 35.2 Å². The monoisotopic (exact) mass is 338 g/mol. The van der Waals surface area contributed by atoms with Crippen LogP contribution < -0.4 is 5.32 Å². The van der Waals surface area contributed by atoms with Crippen molar-refractivity contribution >= 4 is 28.5 Å². The van der Waals surface area contributed by atoms with E-state index in [4.69, 9.17) is 0 Å². The number of pyridine rings is 1. The zero-order valence-corrected chi connectivity index (χ0v) is 14.1. The molecule has 2 fully saturated rings. The highest BCUT2D eigenvalue weighted by molar-refractivity contribution is 5.99. The molecule has 4 rings (SSSR count). The van der Waals surface area contributed by atoms with Crippen molar-refractivity contribution in [3.8, 4) is 0 Å². The maximum atomic E-state index is 12.7. The van der Waals surface area contributed by atoms with Gasteiger partial charge in [0.1, 0.15) is 0 Å². The van der Waals surface area contributed by atoms with E-state index < -0.39 is 0 Å². The summed E-state index contributed by atoms with van der Waals surface area (Å²) in [6.07, 6.45) is 4.59. The lowest BCUT2D eigenvalue weighted by Gasteiger charge is -2.22. The van der Waals surface area contributed by atoms with E-state index in [0.29, 0.717) is 19.6 Å². The van der Waals surface area contributed by atoms with E-state index >= 15 is 0 Å². The van der Waals surface area contributed by atoms with E-state index in [2.05, 4.69) is 10.3 Å². The maximum Gasteiger partial charge on any atom is 0.321 e. The predicted octanol–water partition coefficient (Wildman–Crippen LogP) is 2.71. The number of para-hydroxylation sites is 1. The van der Waals surface area contributed by atoms with Crippen LogP contribution in [0.25, 0.3) is 10.9 Å². The van der Waals surface area contributed by atoms with Gasteiger partial charge in [0, 0.05) is 43.7 Å². The molecule has 1 saturated heterocycles. The molecule has 0 bridgehead atoms. The largest absolute Gasteiger partial charge is 0.341 e. The second kappa shape index (κ2) is 6.70. The van der Waals surface area contributed by atoms with Crippen molar-refractivity contribution in [1.82, 2.24) is 14.8 Å². The highest BCUT2D eigenvalue weighted by atomic mass is 16.2. The minimum absolute atomic E-state index is 0.126. The SMILES string of the molecule is O=C(Nc1cccc2cccnc12)N1CCCN(C(=O)C2CC2)CC1. The topological polar surface area (TPSA) is 65.5 Å². The molecule has 2 heterocycles. The van der Waals surface area contributed by atoms with Crippen molar-refractivity contribution in [1.29, 1.82) is 0 Å². The van der Waals surface area contributed by atoms with Crippen molar-refractivity contribution in [2.45, 2.75) is 19.3 Å². The van der Waals surface area contributed by atoms with Gasteiger partial charge in [0.2, 0.25) is 5.91 Å². The highest BCUT2D eigenvalue weighted by Gasteiger charge is 2.34. The molecule has 1 aliphatic heterocycles. The van der Waals surface area contributed by atoms with Gasteiger partial charge >= 0.3 is 6.03 Å². The molecule has 1 saturated carbocycles. The number of hydrogen-bond acceptors (Lipinski definition) is 3. The van der Waals surface area contributed by atoms with Crippen LogP contribution in [0, 0.1) is 5.92 Å². The summed E-state index contributed by atoms with van der Waals surface area (Å²) in [6, 6.07) is 9.50. The van der Waals surface area contributed by atoms with Gasteiger partial charge < -0.3 is 15.1 Å². The Hall–Kier alpha value is -2.63. The van der Waals surface area contributed by atoms with Gasteiger partial charge in [0.25, 0.3) is 0 Å². The molecule has 1 N–H and O–H groups in total. The molecular weight excluding hydrogens is 316 g/mol. The maximum absolute atomic E-state index is 12.7. The van der Waals surface area contributed by atoms with Crippen molar-refractivity contribution in [2.24, 2.45) is 5.92 Å². The van der Waals surface area contributed by atoms with Gasteiger partial charge in [-0.1, -0.05) is 18.2 Å². The molecule has 6 heteroatoms. The fraction of sp³-hybridized carbons (Fsp3) is 0.421. The number of aromatic nitrogens is 1. The molecule has 1 aliphatic carbocycles. The third-order valence-electron chi connectivity index (χ3n) is 4.90. The summed E-state index contributed by atoms with van der Waals surface area (Å²) in [5, 5.41) is 3.98. The summed E-state index contributed by atoms with van der Waals surface area (Å²) in [5.41, 5.74) is 1.51. The molecule has 130 valence electrons. The smallest absolute Gasteiger partial charge is 0.321 e. The fourth-order valence-electron chi connectivity index (χ4n) is 3.33. The quantitative estimate of drug-likeness (QED) is 0.915. The molecule has 6 nitrogen and oxygen atoms in total. The number of anilines is 1. The van der Waals surface area contributed by atoms with Crippen molar-refractivity contribution in [3.63, 3.8) is 0 Å². The molecule has 25 heavy (non-hydrogen) atoms. The Kier molecular flexibility index (Phi) is 4.26. The lowest BCUT2D eigenvalue weighted by Crippen LogP contribution is -2.39. The summed E-state index contributed by atoms with van der Waals surface area (Å²) in [5.74, 6) is 0.502. The Morgan fingerprint density at radius 2 is 1.76 bits per heavy atom. The molecule has 1 aromatic heterocycles. The zero-order chi connectivity index (χ0) is 17.2. The third kappa shape index (κ3) is 3.43. The average Bonchev–Trinajstić information content (AvgIpc) is 3.48. The Morgan fingerprint density at radius 1 is 1.00 bits per heavy atom. The predicted molar refractivity (Wildman–Crippen MR) is 96.3 cm³/mol. The fourth-order valence-corrected chi connectivity index (χ4v) is 3.33. The van der Waals surface area contributed by atoms with E-state index in [1.165, 1.54) is 0 Å². The van der Waals surface area contributed by atoms with Crippen molar-refractivity contribution in [3.05, 3.63) is 36.5 Å². The van der Waals surface area contributed by atoms with E-state index in [9.17, 15) is 9.59 Å². The first kappa shape index (κ1) is 15.9. The molecule has 3 amide bonds. The Balaban J connectivity index is 1.43. The molecule has 0 spiro atoms. The van der Waals surface area contributed by atoms with Gasteiger partial charge in [-0.25, -0.2) is 4.79 Å². The average molecular weight is 338 g/mol. The standard InChI is InChI=1S/C19H22N4O2/c24-18(15-7-8-15)22-10-3-11-23(13-12-22)19(25)21-16-6-1-4-14-5-2-9-20-17(14)16/h1-2,4-6,9,15H,3,7-8,10-13H2,(H,21,25). The third-order valence-corrected chi connectivity index (χ3v) is 4.90. The number of urea groups is 1. The minimum Gasteiger partial charge on any atom is -0.341 e. The first-order valence-corrected chi connectivity index (χ1v) is 8.91. The van der Waals surface area contributed by atoms with Crippen LogP contribution >= 0.6 is 0 Å². The molecule has 0 radical (unpaired) electrons. The lowest BCUT2D eigenvalue weighted by atomic mass is 10.2. The molecule has 2 aliphatic rings. The number of nitrogens with zero attached hydrogens (tertiary/aromatic N) is 3. The van der Waals surface area contributed by atoms with Crippen LogP contribution in [0.15, 0.2) is 36.5 Å². The van der Waals surface area contributed by atoms with Gasteiger partial charge in [0.15, 0.2) is 0 Å². The van der Waals surface area contributed by atoms with Crippen LogP contribution in [0.3, 0.4) is 0 Å². The van der Waals surface area contributed by atoms with E-state index in [-0.39, 0.29) is 17.9 Å². The molecule has 2 aromatic rings. The van der Waals surface area contributed by atoms with E-state index in [1.54, 1.807) is 11.1 Å². The van der Waals surface area contributed by atoms with Gasteiger partial charge in [-0.2, -0.15) is 0 Å². The molecular formula is C19H22N4O2. The molecule has 0 atom stereocenters. The molecule has 0 unspecified atom stereocenters. The summed E-state index contributed by atoms with van der Waals surface area (Å²) in [7, 11) is 0. The van der Waals surface area contributed by atoms with Crippen LogP contribution in [0.1, 0.15) is 19.3 Å². The molecule has 1 aromatic carbocycles. The van der Waals surface area contributed by atoms with Gasteiger partial charge in [-0.15, -0.1) is 0 Å². The Morgan fingerprint density at radius 3 is 2.60 bits per heavy atom. The van der Waals surface area contributed by atoms with Crippen molar-refractivity contribution < 1.29 is 9.59 Å². The first-order chi connectivity index (χ1) is 12.2. The van der Waals surface area contributed by atoms with Crippen LogP contribution in [-0.4, -0.2) is 52.9 Å². The summed E-state index contributed by atoms with van der Waals surface area (Å²) >= 11 is 0. The number of amides is 3. The summed E-state index contributed by atoms with van der Waals surface area (Å²) < 4.78 is 0. The zero-order valence-electron chi connectivity index (χ0n) is 14.1. The first-order valence-electron chi connectivity index (χ1n) is 8.91. The Bertz CT molecular complexity index is 798. The number of hydrogen-bond donors (Lipinski definition) is 1. The number of rotatable bonds is 2. The van der Waals surface area contributed by atoms with Gasteiger partial charge in [0.05, 0.1) is 11.2 Å². The summed E-state index contributed by atoms with van der Waals surface area (Å²) in [6.45, 7) is 2.60. The normalized spacial score (nSPS) is 18.1. The highest BCUT2D eigenvalue weighted by Crippen LogP contribution is 2.31. The van der Waals surface area contributed by atoms with Crippen LogP contribution in [0.4, 0.5) is 10.5 Å². The minimum atomic E-state index is -0.126.